The number of nitrogens with zero attached hydrogens (tertiary/aromatic N) is 3. The molecule has 4 nitrogen and oxygen atoms in total. The van der Waals surface area contributed by atoms with E-state index < -0.39 is 0 Å². The minimum atomic E-state index is 0.823. The molecule has 0 unspecified atom stereocenters. The molecule has 5 heteroatoms. The first-order valence-corrected chi connectivity index (χ1v) is 6.66. The van der Waals surface area contributed by atoms with Crippen LogP contribution in [0.15, 0.2) is 30.0 Å². The van der Waals surface area contributed by atoms with E-state index in [1.807, 2.05) is 14.1 Å². The van der Waals surface area contributed by atoms with Gasteiger partial charge in [-0.3, -0.25) is 0 Å². The average molecular weight is 258 g/mol. The van der Waals surface area contributed by atoms with Gasteiger partial charge in [0.05, 0.1) is 16.0 Å². The molecule has 0 saturated carbocycles. The summed E-state index contributed by atoms with van der Waals surface area (Å²) in [5.41, 5.74) is 3.25. The number of hydrogen-bond acceptors (Lipinski definition) is 4. The molecule has 0 aliphatic heterocycles. The summed E-state index contributed by atoms with van der Waals surface area (Å²) >= 11 is 1.71. The van der Waals surface area contributed by atoms with Crippen LogP contribution in [0.2, 0.25) is 0 Å². The molecule has 3 heterocycles. The van der Waals surface area contributed by atoms with Crippen LogP contribution in [-0.2, 0) is 13.6 Å². The predicted molar refractivity (Wildman–Crippen MR) is 74.6 cm³/mol. The summed E-state index contributed by atoms with van der Waals surface area (Å²) in [5.74, 6) is 0. The maximum absolute atomic E-state index is 4.46. The van der Waals surface area contributed by atoms with E-state index in [1.54, 1.807) is 17.7 Å². The molecule has 0 fully saturated rings. The Labute approximate surface area is 109 Å². The van der Waals surface area contributed by atoms with Crippen molar-refractivity contribution in [2.45, 2.75) is 6.54 Å². The van der Waals surface area contributed by atoms with Crippen molar-refractivity contribution in [3.63, 3.8) is 0 Å². The van der Waals surface area contributed by atoms with Gasteiger partial charge in [-0.05, 0) is 24.1 Å². The minimum Gasteiger partial charge on any atom is -0.335 e. The Kier molecular flexibility index (Phi) is 2.85. The van der Waals surface area contributed by atoms with E-state index in [4.69, 9.17) is 0 Å². The van der Waals surface area contributed by atoms with Crippen LogP contribution >= 0.6 is 11.3 Å². The highest BCUT2D eigenvalue weighted by Crippen LogP contribution is 2.31. The van der Waals surface area contributed by atoms with Gasteiger partial charge in [0.2, 0.25) is 0 Å². The summed E-state index contributed by atoms with van der Waals surface area (Å²) in [5, 5.41) is 6.42. The van der Waals surface area contributed by atoms with Gasteiger partial charge < -0.3 is 9.88 Å². The first-order chi connectivity index (χ1) is 8.81. The summed E-state index contributed by atoms with van der Waals surface area (Å²) in [6.07, 6.45) is 3.76. The molecule has 0 aromatic carbocycles. The number of thiophene rings is 1. The van der Waals surface area contributed by atoms with E-state index >= 15 is 0 Å². The molecule has 0 bridgehead atoms. The minimum absolute atomic E-state index is 0.823. The molecule has 0 aliphatic carbocycles. The van der Waals surface area contributed by atoms with E-state index in [0.717, 1.165) is 23.3 Å². The maximum atomic E-state index is 4.46. The number of fused-ring (bicyclic) bond motifs is 1. The van der Waals surface area contributed by atoms with Crippen molar-refractivity contribution in [3.05, 3.63) is 35.6 Å². The van der Waals surface area contributed by atoms with Gasteiger partial charge >= 0.3 is 0 Å². The molecular formula is C13H14N4S. The van der Waals surface area contributed by atoms with Crippen LogP contribution in [0.4, 0.5) is 0 Å². The van der Waals surface area contributed by atoms with Crippen molar-refractivity contribution < 1.29 is 0 Å². The van der Waals surface area contributed by atoms with Crippen molar-refractivity contribution in [1.82, 2.24) is 19.9 Å². The fraction of sp³-hybridized carbons (Fsp3) is 0.231. The molecule has 92 valence electrons. The third kappa shape index (κ3) is 1.72. The molecule has 3 aromatic heterocycles. The predicted octanol–water partition coefficient (Wildman–Crippen LogP) is 2.42. The van der Waals surface area contributed by atoms with Crippen LogP contribution in [0.1, 0.15) is 5.56 Å². The summed E-state index contributed by atoms with van der Waals surface area (Å²) in [7, 11) is 3.97. The van der Waals surface area contributed by atoms with Crippen molar-refractivity contribution in [2.24, 2.45) is 7.05 Å². The first-order valence-electron chi connectivity index (χ1n) is 5.78. The monoisotopic (exact) mass is 258 g/mol. The molecular weight excluding hydrogens is 244 g/mol. The van der Waals surface area contributed by atoms with Gasteiger partial charge in [-0.2, -0.15) is 0 Å². The zero-order chi connectivity index (χ0) is 12.5. The molecule has 0 radical (unpaired) electrons. The molecule has 0 amide bonds. The lowest BCUT2D eigenvalue weighted by Gasteiger charge is -2.02. The Morgan fingerprint density at radius 1 is 1.39 bits per heavy atom. The van der Waals surface area contributed by atoms with Crippen molar-refractivity contribution >= 4 is 22.4 Å². The summed E-state index contributed by atoms with van der Waals surface area (Å²) in [4.78, 5) is 10.0. The molecule has 0 saturated heterocycles. The summed E-state index contributed by atoms with van der Waals surface area (Å²) < 4.78 is 2.06. The normalized spacial score (nSPS) is 11.2. The maximum Gasteiger partial charge on any atom is 0.144 e. The van der Waals surface area contributed by atoms with E-state index in [-0.39, 0.29) is 0 Å². The lowest BCUT2D eigenvalue weighted by Crippen LogP contribution is -2.04. The second-order valence-corrected chi connectivity index (χ2v) is 5.14. The topological polar surface area (TPSA) is 42.7 Å². The molecule has 3 rings (SSSR count). The van der Waals surface area contributed by atoms with Crippen molar-refractivity contribution in [2.75, 3.05) is 7.05 Å². The molecule has 3 aromatic rings. The second kappa shape index (κ2) is 4.51. The number of nitrogens with one attached hydrogen (secondary N) is 1. The van der Waals surface area contributed by atoms with Crippen LogP contribution in [0.5, 0.6) is 0 Å². The largest absolute Gasteiger partial charge is 0.335 e. The van der Waals surface area contributed by atoms with Gasteiger partial charge in [-0.25, -0.2) is 9.97 Å². The Balaban J connectivity index is 2.31. The van der Waals surface area contributed by atoms with Crippen LogP contribution in [0.3, 0.4) is 0 Å². The van der Waals surface area contributed by atoms with Crippen LogP contribution in [0, 0.1) is 0 Å². The second-order valence-electron chi connectivity index (χ2n) is 4.19. The highest BCUT2D eigenvalue weighted by molar-refractivity contribution is 7.13. The zero-order valence-electron chi connectivity index (χ0n) is 10.3. The van der Waals surface area contributed by atoms with Gasteiger partial charge in [0, 0.05) is 19.8 Å². The number of rotatable bonds is 3. The lowest BCUT2D eigenvalue weighted by atomic mass is 10.1. The van der Waals surface area contributed by atoms with Crippen molar-refractivity contribution in [3.8, 4) is 10.6 Å². The average Bonchev–Trinajstić information content (AvgIpc) is 2.99. The number of hydrogen-bond donors (Lipinski definition) is 1. The van der Waals surface area contributed by atoms with Gasteiger partial charge in [0.1, 0.15) is 12.0 Å². The molecule has 0 spiro atoms. The highest BCUT2D eigenvalue weighted by atomic mass is 32.1. The quantitative estimate of drug-likeness (QED) is 0.784. The van der Waals surface area contributed by atoms with Crippen LogP contribution in [0.25, 0.3) is 21.6 Å². The standard InChI is InChI=1S/C13H14N4S/c1-14-6-9-7-17(2)13-11(9)12(15-8-16-13)10-4-3-5-18-10/h3-5,7-8,14H,6H2,1-2H3. The fourth-order valence-electron chi connectivity index (χ4n) is 2.22. The van der Waals surface area contributed by atoms with Gasteiger partial charge in [0.15, 0.2) is 0 Å². The van der Waals surface area contributed by atoms with E-state index in [9.17, 15) is 0 Å². The Hall–Kier alpha value is -1.72. The van der Waals surface area contributed by atoms with Crippen LogP contribution in [-0.4, -0.2) is 21.6 Å². The van der Waals surface area contributed by atoms with Gasteiger partial charge in [-0.15, -0.1) is 11.3 Å². The highest BCUT2D eigenvalue weighted by Gasteiger charge is 2.14. The zero-order valence-corrected chi connectivity index (χ0v) is 11.2. The number of aryl methyl sites for hydroxylation is 1. The Morgan fingerprint density at radius 3 is 3.00 bits per heavy atom. The number of aromatic nitrogens is 3. The molecule has 1 N–H and O–H groups in total. The summed E-state index contributed by atoms with van der Waals surface area (Å²) in [6, 6.07) is 4.15. The summed E-state index contributed by atoms with van der Waals surface area (Å²) in [6.45, 7) is 0.823. The molecule has 18 heavy (non-hydrogen) atoms. The van der Waals surface area contributed by atoms with E-state index in [2.05, 4.69) is 43.6 Å². The third-order valence-corrected chi connectivity index (χ3v) is 3.83. The van der Waals surface area contributed by atoms with Gasteiger partial charge in [-0.1, -0.05) is 6.07 Å². The lowest BCUT2D eigenvalue weighted by molar-refractivity contribution is 0.815. The van der Waals surface area contributed by atoms with E-state index in [0.29, 0.717) is 0 Å². The van der Waals surface area contributed by atoms with Crippen LogP contribution < -0.4 is 5.32 Å². The third-order valence-electron chi connectivity index (χ3n) is 2.95. The fourth-order valence-corrected chi connectivity index (χ4v) is 2.95. The Bertz CT molecular complexity index is 670. The van der Waals surface area contributed by atoms with Gasteiger partial charge in [0.25, 0.3) is 0 Å². The Morgan fingerprint density at radius 2 is 2.28 bits per heavy atom. The van der Waals surface area contributed by atoms with Crippen molar-refractivity contribution in [1.29, 1.82) is 0 Å². The smallest absolute Gasteiger partial charge is 0.144 e. The van der Waals surface area contributed by atoms with E-state index in [1.165, 1.54) is 10.4 Å². The molecule has 0 atom stereocenters. The SMILES string of the molecule is CNCc1cn(C)c2ncnc(-c3cccs3)c12. The first kappa shape index (κ1) is 11.4. The molecule has 0 aliphatic rings.